The summed E-state index contributed by atoms with van der Waals surface area (Å²) in [6, 6.07) is 1.85. The van der Waals surface area contributed by atoms with E-state index in [-0.39, 0.29) is 17.4 Å². The van der Waals surface area contributed by atoms with Gasteiger partial charge in [0, 0.05) is 5.56 Å². The third kappa shape index (κ3) is 3.50. The molecule has 0 aliphatic carbocycles. The van der Waals surface area contributed by atoms with Crippen molar-refractivity contribution in [1.82, 2.24) is 5.32 Å². The molecule has 0 fully saturated rings. The molecular formula is C13H18F2N2O. The number of nitrogens with two attached hydrogens (primary N) is 1. The van der Waals surface area contributed by atoms with Crippen LogP contribution < -0.4 is 11.1 Å². The highest BCUT2D eigenvalue weighted by Crippen LogP contribution is 2.18. The molecule has 0 aliphatic rings. The molecule has 0 radical (unpaired) electrons. The van der Waals surface area contributed by atoms with Gasteiger partial charge in [-0.3, -0.25) is 4.79 Å². The van der Waals surface area contributed by atoms with Crippen molar-refractivity contribution in [3.05, 3.63) is 35.4 Å². The zero-order chi connectivity index (χ0) is 13.9. The summed E-state index contributed by atoms with van der Waals surface area (Å²) in [5.74, 6) is -1.49. The Kier molecular flexibility index (Phi) is 4.78. The Balaban J connectivity index is 2.79. The first-order chi connectivity index (χ1) is 8.32. The van der Waals surface area contributed by atoms with Gasteiger partial charge in [0.05, 0.1) is 12.1 Å². The van der Waals surface area contributed by atoms with E-state index in [0.717, 1.165) is 18.2 Å². The zero-order valence-electron chi connectivity index (χ0n) is 10.7. The molecule has 0 aromatic heterocycles. The quantitative estimate of drug-likeness (QED) is 0.867. The number of rotatable bonds is 4. The molecule has 1 rings (SSSR count). The molecule has 0 saturated carbocycles. The first kappa shape index (κ1) is 14.6. The molecule has 0 heterocycles. The molecule has 100 valence electrons. The Morgan fingerprint density at radius 2 is 1.89 bits per heavy atom. The van der Waals surface area contributed by atoms with Crippen LogP contribution in [-0.4, -0.2) is 11.9 Å². The number of hydrogen-bond acceptors (Lipinski definition) is 2. The largest absolute Gasteiger partial charge is 0.348 e. The van der Waals surface area contributed by atoms with Gasteiger partial charge in [0.25, 0.3) is 0 Å². The first-order valence-corrected chi connectivity index (χ1v) is 5.83. The van der Waals surface area contributed by atoms with Crippen molar-refractivity contribution in [2.75, 3.05) is 0 Å². The molecule has 0 spiro atoms. The Morgan fingerprint density at radius 1 is 1.28 bits per heavy atom. The van der Waals surface area contributed by atoms with Crippen LogP contribution in [0.1, 0.15) is 32.4 Å². The maximum atomic E-state index is 13.5. The highest BCUT2D eigenvalue weighted by Gasteiger charge is 2.21. The molecule has 1 aromatic carbocycles. The molecule has 3 nitrogen and oxygen atoms in total. The Labute approximate surface area is 105 Å². The standard InChI is InChI=1S/C13H18F2N2O/c1-7(2)12(16)13(18)17-8(3)10-6-9(14)4-5-11(10)15/h4-8,12H,16H2,1-3H3,(H,17,18). The van der Waals surface area contributed by atoms with Crippen molar-refractivity contribution in [1.29, 1.82) is 0 Å². The van der Waals surface area contributed by atoms with E-state index >= 15 is 0 Å². The van der Waals surface area contributed by atoms with E-state index in [2.05, 4.69) is 5.32 Å². The lowest BCUT2D eigenvalue weighted by molar-refractivity contribution is -0.123. The van der Waals surface area contributed by atoms with Crippen LogP contribution in [0.15, 0.2) is 18.2 Å². The van der Waals surface area contributed by atoms with Crippen LogP contribution in [0.2, 0.25) is 0 Å². The van der Waals surface area contributed by atoms with E-state index in [4.69, 9.17) is 5.73 Å². The van der Waals surface area contributed by atoms with Gasteiger partial charge in [0.1, 0.15) is 11.6 Å². The second-order valence-corrected chi connectivity index (χ2v) is 4.67. The summed E-state index contributed by atoms with van der Waals surface area (Å²) in [4.78, 5) is 11.7. The molecular weight excluding hydrogens is 238 g/mol. The van der Waals surface area contributed by atoms with Crippen molar-refractivity contribution in [2.24, 2.45) is 11.7 Å². The summed E-state index contributed by atoms with van der Waals surface area (Å²) < 4.78 is 26.5. The van der Waals surface area contributed by atoms with Gasteiger partial charge < -0.3 is 11.1 Å². The smallest absolute Gasteiger partial charge is 0.237 e. The normalized spacial score (nSPS) is 14.4. The Hall–Kier alpha value is -1.49. The van der Waals surface area contributed by atoms with Crippen molar-refractivity contribution in [3.8, 4) is 0 Å². The van der Waals surface area contributed by atoms with Gasteiger partial charge in [0.15, 0.2) is 0 Å². The third-order valence-electron chi connectivity index (χ3n) is 2.80. The lowest BCUT2D eigenvalue weighted by Gasteiger charge is -2.20. The molecule has 0 aliphatic heterocycles. The van der Waals surface area contributed by atoms with Gasteiger partial charge in [-0.05, 0) is 31.0 Å². The Morgan fingerprint density at radius 3 is 2.44 bits per heavy atom. The highest BCUT2D eigenvalue weighted by molar-refractivity contribution is 5.82. The van der Waals surface area contributed by atoms with Gasteiger partial charge >= 0.3 is 0 Å². The predicted molar refractivity (Wildman–Crippen MR) is 65.7 cm³/mol. The molecule has 3 N–H and O–H groups in total. The van der Waals surface area contributed by atoms with Crippen molar-refractivity contribution >= 4 is 5.91 Å². The van der Waals surface area contributed by atoms with Gasteiger partial charge in [-0.15, -0.1) is 0 Å². The van der Waals surface area contributed by atoms with Crippen LogP contribution in [0.4, 0.5) is 8.78 Å². The van der Waals surface area contributed by atoms with E-state index in [0.29, 0.717) is 0 Å². The van der Waals surface area contributed by atoms with Gasteiger partial charge in [0.2, 0.25) is 5.91 Å². The SMILES string of the molecule is CC(NC(=O)C(N)C(C)C)c1cc(F)ccc1F. The maximum Gasteiger partial charge on any atom is 0.237 e. The summed E-state index contributed by atoms with van der Waals surface area (Å²) in [5, 5.41) is 2.57. The number of benzene rings is 1. The van der Waals surface area contributed by atoms with E-state index in [9.17, 15) is 13.6 Å². The summed E-state index contributed by atoms with van der Waals surface area (Å²) in [6.07, 6.45) is 0. The maximum absolute atomic E-state index is 13.5. The van der Waals surface area contributed by atoms with Crippen LogP contribution in [-0.2, 0) is 4.79 Å². The van der Waals surface area contributed by atoms with Crippen molar-refractivity contribution in [3.63, 3.8) is 0 Å². The van der Waals surface area contributed by atoms with Crippen LogP contribution >= 0.6 is 0 Å². The van der Waals surface area contributed by atoms with Gasteiger partial charge in [-0.2, -0.15) is 0 Å². The molecule has 1 aromatic rings. The lowest BCUT2D eigenvalue weighted by atomic mass is 10.0. The fourth-order valence-corrected chi connectivity index (χ4v) is 1.54. The number of nitrogens with one attached hydrogen (secondary N) is 1. The summed E-state index contributed by atoms with van der Waals surface area (Å²) in [6.45, 7) is 5.22. The minimum absolute atomic E-state index is 0.0189. The fourth-order valence-electron chi connectivity index (χ4n) is 1.54. The number of carbonyl (C=O) groups is 1. The minimum Gasteiger partial charge on any atom is -0.348 e. The van der Waals surface area contributed by atoms with E-state index in [1.807, 2.05) is 13.8 Å². The Bertz CT molecular complexity index is 435. The molecule has 0 saturated heterocycles. The molecule has 2 atom stereocenters. The van der Waals surface area contributed by atoms with Crippen molar-refractivity contribution in [2.45, 2.75) is 32.9 Å². The molecule has 0 bridgehead atoms. The second kappa shape index (κ2) is 5.91. The number of amides is 1. The van der Waals surface area contributed by atoms with E-state index < -0.39 is 23.7 Å². The average molecular weight is 256 g/mol. The summed E-state index contributed by atoms with van der Waals surface area (Å²) in [5.41, 5.74) is 5.78. The number of carbonyl (C=O) groups excluding carboxylic acids is 1. The minimum atomic E-state index is -0.663. The van der Waals surface area contributed by atoms with Crippen LogP contribution in [0.25, 0.3) is 0 Å². The van der Waals surface area contributed by atoms with Crippen LogP contribution in [0.3, 0.4) is 0 Å². The molecule has 2 unspecified atom stereocenters. The zero-order valence-corrected chi connectivity index (χ0v) is 10.7. The molecule has 5 heteroatoms. The van der Waals surface area contributed by atoms with E-state index in [1.54, 1.807) is 6.92 Å². The summed E-state index contributed by atoms with van der Waals surface area (Å²) in [7, 11) is 0. The fraction of sp³-hybridized carbons (Fsp3) is 0.462. The predicted octanol–water partition coefficient (Wildman–Crippen LogP) is 2.13. The van der Waals surface area contributed by atoms with Gasteiger partial charge in [-0.1, -0.05) is 13.8 Å². The van der Waals surface area contributed by atoms with Crippen LogP contribution in [0, 0.1) is 17.6 Å². The topological polar surface area (TPSA) is 55.1 Å². The molecule has 1 amide bonds. The number of hydrogen-bond donors (Lipinski definition) is 2. The van der Waals surface area contributed by atoms with Gasteiger partial charge in [-0.25, -0.2) is 8.78 Å². The summed E-state index contributed by atoms with van der Waals surface area (Å²) >= 11 is 0. The highest BCUT2D eigenvalue weighted by atomic mass is 19.1. The molecule has 18 heavy (non-hydrogen) atoms. The number of halogens is 2. The second-order valence-electron chi connectivity index (χ2n) is 4.67. The van der Waals surface area contributed by atoms with E-state index in [1.165, 1.54) is 0 Å². The van der Waals surface area contributed by atoms with Crippen molar-refractivity contribution < 1.29 is 13.6 Å². The third-order valence-corrected chi connectivity index (χ3v) is 2.80. The van der Waals surface area contributed by atoms with Crippen LogP contribution in [0.5, 0.6) is 0 Å². The monoisotopic (exact) mass is 256 g/mol. The lowest BCUT2D eigenvalue weighted by Crippen LogP contribution is -2.44. The average Bonchev–Trinajstić information content (AvgIpc) is 2.30. The first-order valence-electron chi connectivity index (χ1n) is 5.83.